The van der Waals surface area contributed by atoms with Crippen LogP contribution in [0.3, 0.4) is 0 Å². The Bertz CT molecular complexity index is 273. The number of amides is 2. The molecule has 0 spiro atoms. The monoisotopic (exact) mass is 215 g/mol. The number of hydrogen-bond donors (Lipinski definition) is 0. The Kier molecular flexibility index (Phi) is 3.58. The zero-order valence-corrected chi connectivity index (χ0v) is 8.21. The second kappa shape index (κ2) is 4.71. The molecule has 1 fully saturated rings. The molecule has 2 amide bonds. The lowest BCUT2D eigenvalue weighted by molar-refractivity contribution is -0.170. The van der Waals surface area contributed by atoms with Crippen LogP contribution in [0, 0.1) is 0 Å². The third-order valence-corrected chi connectivity index (χ3v) is 1.68. The van der Waals surface area contributed by atoms with Crippen LogP contribution in [0.4, 0.5) is 0 Å². The van der Waals surface area contributed by atoms with Crippen LogP contribution in [0.2, 0.25) is 0 Å². The molecule has 1 aliphatic rings. The first-order valence-electron chi connectivity index (χ1n) is 3.96. The van der Waals surface area contributed by atoms with Crippen molar-refractivity contribution in [3.8, 4) is 0 Å². The summed E-state index contributed by atoms with van der Waals surface area (Å²) in [7, 11) is 0. The maximum absolute atomic E-state index is 11.0. The van der Waals surface area contributed by atoms with Crippen molar-refractivity contribution in [1.82, 2.24) is 5.06 Å². The first-order valence-corrected chi connectivity index (χ1v) is 4.37. The minimum Gasteiger partial charge on any atom is -0.451 e. The number of imide groups is 1. The van der Waals surface area contributed by atoms with Crippen molar-refractivity contribution in [2.75, 3.05) is 6.61 Å². The highest BCUT2D eigenvalue weighted by atomic mass is 32.1. The maximum Gasteiger partial charge on any atom is 0.378 e. The van der Waals surface area contributed by atoms with E-state index in [-0.39, 0.29) is 24.7 Å². The summed E-state index contributed by atoms with van der Waals surface area (Å²) in [6, 6.07) is 0. The number of nitrogens with zero attached hydrogens (tertiary/aromatic N) is 1. The Labute approximate surface area is 86.2 Å². The normalized spacial score (nSPS) is 15.6. The van der Waals surface area contributed by atoms with Crippen LogP contribution in [0.1, 0.15) is 12.8 Å². The van der Waals surface area contributed by atoms with Crippen LogP contribution in [0.15, 0.2) is 12.7 Å². The molecule has 1 rings (SSSR count). The fraction of sp³-hybridized carbons (Fsp3) is 0.375. The summed E-state index contributed by atoms with van der Waals surface area (Å²) in [6.45, 7) is 3.58. The molecule has 14 heavy (non-hydrogen) atoms. The third kappa shape index (κ3) is 2.53. The van der Waals surface area contributed by atoms with Gasteiger partial charge in [-0.2, -0.15) is 0 Å². The average molecular weight is 215 g/mol. The Hall–Kier alpha value is -1.43. The molecule has 0 aromatic heterocycles. The van der Waals surface area contributed by atoms with E-state index < -0.39 is 11.8 Å². The van der Waals surface area contributed by atoms with Gasteiger partial charge in [0.15, 0.2) is 0 Å². The van der Waals surface area contributed by atoms with Crippen LogP contribution >= 0.6 is 12.2 Å². The summed E-state index contributed by atoms with van der Waals surface area (Å²) < 4.78 is 4.79. The lowest BCUT2D eigenvalue weighted by Crippen LogP contribution is -2.32. The van der Waals surface area contributed by atoms with Crippen molar-refractivity contribution in [3.05, 3.63) is 12.7 Å². The van der Waals surface area contributed by atoms with Gasteiger partial charge in [0.05, 0.1) is 0 Å². The van der Waals surface area contributed by atoms with Crippen LogP contribution in [0.5, 0.6) is 0 Å². The fourth-order valence-corrected chi connectivity index (χ4v) is 1.03. The Morgan fingerprint density at radius 2 is 2.07 bits per heavy atom. The molecule has 0 saturated carbocycles. The van der Waals surface area contributed by atoms with E-state index in [1.54, 1.807) is 0 Å². The van der Waals surface area contributed by atoms with Crippen LogP contribution in [0.25, 0.3) is 0 Å². The molecule has 0 atom stereocenters. The second-order valence-electron chi connectivity index (χ2n) is 2.52. The van der Waals surface area contributed by atoms with Crippen molar-refractivity contribution >= 4 is 29.3 Å². The van der Waals surface area contributed by atoms with Crippen molar-refractivity contribution < 1.29 is 19.2 Å². The molecule has 1 aliphatic heterocycles. The maximum atomic E-state index is 11.0. The molecule has 0 radical (unpaired) electrons. The number of thiocarbonyl (C=S) groups is 1. The number of rotatable bonds is 3. The van der Waals surface area contributed by atoms with E-state index in [9.17, 15) is 9.59 Å². The van der Waals surface area contributed by atoms with E-state index in [4.69, 9.17) is 9.57 Å². The predicted molar refractivity (Wildman–Crippen MR) is 50.9 cm³/mol. The van der Waals surface area contributed by atoms with E-state index in [1.165, 1.54) is 6.08 Å². The van der Waals surface area contributed by atoms with Gasteiger partial charge in [0.25, 0.3) is 11.8 Å². The predicted octanol–water partition coefficient (Wildman–Crippen LogP) is 0.554. The van der Waals surface area contributed by atoms with Gasteiger partial charge in [-0.25, -0.2) is 0 Å². The highest BCUT2D eigenvalue weighted by molar-refractivity contribution is 7.79. The van der Waals surface area contributed by atoms with Crippen molar-refractivity contribution in [1.29, 1.82) is 0 Å². The first kappa shape index (κ1) is 10.6. The highest BCUT2D eigenvalue weighted by Gasteiger charge is 2.32. The lowest BCUT2D eigenvalue weighted by Gasteiger charge is -2.13. The van der Waals surface area contributed by atoms with Gasteiger partial charge in [0, 0.05) is 25.1 Å². The van der Waals surface area contributed by atoms with Gasteiger partial charge >= 0.3 is 5.24 Å². The smallest absolute Gasteiger partial charge is 0.378 e. The minimum absolute atomic E-state index is 0.156. The lowest BCUT2D eigenvalue weighted by atomic mass is 10.4. The Morgan fingerprint density at radius 3 is 2.57 bits per heavy atom. The second-order valence-corrected chi connectivity index (χ2v) is 2.86. The van der Waals surface area contributed by atoms with Crippen molar-refractivity contribution in [2.24, 2.45) is 0 Å². The van der Waals surface area contributed by atoms with Crippen molar-refractivity contribution in [2.45, 2.75) is 12.8 Å². The molecule has 0 aromatic carbocycles. The van der Waals surface area contributed by atoms with Crippen LogP contribution in [-0.2, 0) is 19.2 Å². The van der Waals surface area contributed by atoms with Crippen LogP contribution < -0.4 is 0 Å². The zero-order chi connectivity index (χ0) is 10.6. The number of ether oxygens (including phenoxy) is 1. The van der Waals surface area contributed by atoms with Crippen LogP contribution in [-0.4, -0.2) is 28.7 Å². The summed E-state index contributed by atoms with van der Waals surface area (Å²) in [6.07, 6.45) is 1.79. The molecule has 0 aromatic rings. The first-order chi connectivity index (χ1) is 6.65. The topological polar surface area (TPSA) is 55.8 Å². The molecule has 0 bridgehead atoms. The zero-order valence-electron chi connectivity index (χ0n) is 7.39. The number of hydrogen-bond acceptors (Lipinski definition) is 5. The molecule has 0 unspecified atom stereocenters. The summed E-state index contributed by atoms with van der Waals surface area (Å²) in [5.41, 5.74) is 0. The Morgan fingerprint density at radius 1 is 1.50 bits per heavy atom. The molecule has 76 valence electrons. The Balaban J connectivity index is 2.42. The highest BCUT2D eigenvalue weighted by Crippen LogP contribution is 2.12. The summed E-state index contributed by atoms with van der Waals surface area (Å²) in [5, 5.41) is 0.374. The van der Waals surface area contributed by atoms with Gasteiger partial charge in [-0.3, -0.25) is 9.59 Å². The molecule has 1 heterocycles. The standard InChI is InChI=1S/C8H9NO4S/c1-2-5-12-8(14)13-9-6(10)3-4-7(9)11/h2H,1,3-5H2. The van der Waals surface area contributed by atoms with Gasteiger partial charge < -0.3 is 9.57 Å². The summed E-state index contributed by atoms with van der Waals surface area (Å²) >= 11 is 4.62. The number of carbonyl (C=O) groups is 2. The molecular weight excluding hydrogens is 206 g/mol. The van der Waals surface area contributed by atoms with Crippen molar-refractivity contribution in [3.63, 3.8) is 0 Å². The van der Waals surface area contributed by atoms with Gasteiger partial charge in [-0.15, -0.1) is 5.06 Å². The van der Waals surface area contributed by atoms with E-state index >= 15 is 0 Å². The fourth-order valence-electron chi connectivity index (χ4n) is 0.886. The molecule has 5 nitrogen and oxygen atoms in total. The summed E-state index contributed by atoms with van der Waals surface area (Å²) in [4.78, 5) is 26.8. The minimum atomic E-state index is -0.403. The molecule has 1 saturated heterocycles. The number of carbonyl (C=O) groups excluding carboxylic acids is 2. The van der Waals surface area contributed by atoms with E-state index in [0.717, 1.165) is 0 Å². The largest absolute Gasteiger partial charge is 0.451 e. The van der Waals surface area contributed by atoms with Gasteiger partial charge in [-0.05, 0) is 0 Å². The van der Waals surface area contributed by atoms with Gasteiger partial charge in [0.1, 0.15) is 6.61 Å². The van der Waals surface area contributed by atoms with Gasteiger partial charge in [0.2, 0.25) is 0 Å². The molecular formula is C8H9NO4S. The average Bonchev–Trinajstić information content (AvgIpc) is 2.46. The van der Waals surface area contributed by atoms with E-state index in [2.05, 4.69) is 18.8 Å². The third-order valence-electron chi connectivity index (χ3n) is 1.49. The quantitative estimate of drug-likeness (QED) is 0.391. The number of hydroxylamine groups is 2. The summed E-state index contributed by atoms with van der Waals surface area (Å²) in [5.74, 6) is -0.806. The van der Waals surface area contributed by atoms with Gasteiger partial charge in [-0.1, -0.05) is 12.7 Å². The van der Waals surface area contributed by atoms with E-state index in [0.29, 0.717) is 5.06 Å². The molecule has 0 aliphatic carbocycles. The molecule has 0 N–H and O–H groups in total. The molecule has 6 heteroatoms. The SMILES string of the molecule is C=CCOC(=S)ON1C(=O)CCC1=O. The van der Waals surface area contributed by atoms with E-state index in [1.807, 2.05) is 0 Å².